The molecule has 1 aliphatic rings. The van der Waals surface area contributed by atoms with Gasteiger partial charge >= 0.3 is 5.97 Å². The van der Waals surface area contributed by atoms with Gasteiger partial charge in [0.2, 0.25) is 5.91 Å². The maximum Gasteiger partial charge on any atom is 0.304 e. The molecule has 0 aliphatic heterocycles. The van der Waals surface area contributed by atoms with Crippen LogP contribution in [0.3, 0.4) is 0 Å². The Morgan fingerprint density at radius 3 is 2.44 bits per heavy atom. The van der Waals surface area contributed by atoms with Crippen molar-refractivity contribution in [2.45, 2.75) is 39.0 Å². The number of aliphatic carboxylic acids is 1. The minimum atomic E-state index is -0.907. The molecule has 0 bridgehead atoms. The number of amides is 1. The van der Waals surface area contributed by atoms with E-state index in [2.05, 4.69) is 0 Å². The van der Waals surface area contributed by atoms with Crippen molar-refractivity contribution in [3.8, 4) is 0 Å². The van der Waals surface area contributed by atoms with Crippen LogP contribution < -0.4 is 0 Å². The van der Waals surface area contributed by atoms with Crippen molar-refractivity contribution in [3.63, 3.8) is 0 Å². The van der Waals surface area contributed by atoms with Gasteiger partial charge < -0.3 is 10.0 Å². The first-order valence-corrected chi connectivity index (χ1v) is 5.97. The van der Waals surface area contributed by atoms with Crippen molar-refractivity contribution in [2.24, 2.45) is 11.8 Å². The van der Waals surface area contributed by atoms with Gasteiger partial charge in [-0.1, -0.05) is 19.8 Å². The number of rotatable bonds is 5. The molecule has 0 aromatic rings. The Kier molecular flexibility index (Phi) is 4.77. The minimum absolute atomic E-state index is 0.0469. The molecule has 1 rings (SSSR count). The number of hydrogen-bond acceptors (Lipinski definition) is 2. The van der Waals surface area contributed by atoms with Gasteiger partial charge in [0, 0.05) is 19.5 Å². The highest BCUT2D eigenvalue weighted by Crippen LogP contribution is 2.25. The summed E-state index contributed by atoms with van der Waals surface area (Å²) in [6.07, 6.45) is 4.85. The average Bonchev–Trinajstić information content (AvgIpc) is 2.68. The van der Waals surface area contributed by atoms with Crippen LogP contribution in [-0.2, 0) is 9.59 Å². The SMILES string of the molecule is CC(CC(=O)O)C(=O)N(C)CC1CCCC1. The molecule has 1 unspecified atom stereocenters. The number of carboxylic acids is 1. The van der Waals surface area contributed by atoms with E-state index < -0.39 is 11.9 Å². The summed E-state index contributed by atoms with van der Waals surface area (Å²) in [5, 5.41) is 8.63. The molecule has 1 atom stereocenters. The van der Waals surface area contributed by atoms with Crippen LogP contribution in [0, 0.1) is 11.8 Å². The monoisotopic (exact) mass is 227 g/mol. The van der Waals surface area contributed by atoms with Crippen LogP contribution in [0.1, 0.15) is 39.0 Å². The lowest BCUT2D eigenvalue weighted by Gasteiger charge is -2.23. The third kappa shape index (κ3) is 3.83. The van der Waals surface area contributed by atoms with Gasteiger partial charge in [-0.3, -0.25) is 9.59 Å². The summed E-state index contributed by atoms with van der Waals surface area (Å²) in [6.45, 7) is 2.46. The summed E-state index contributed by atoms with van der Waals surface area (Å²) in [6, 6.07) is 0. The van der Waals surface area contributed by atoms with Crippen molar-refractivity contribution >= 4 is 11.9 Å². The number of nitrogens with zero attached hydrogens (tertiary/aromatic N) is 1. The summed E-state index contributed by atoms with van der Waals surface area (Å²) in [5.74, 6) is -0.751. The van der Waals surface area contributed by atoms with Gasteiger partial charge in [0.25, 0.3) is 0 Å². The Morgan fingerprint density at radius 1 is 1.38 bits per heavy atom. The number of hydrogen-bond donors (Lipinski definition) is 1. The van der Waals surface area contributed by atoms with E-state index in [-0.39, 0.29) is 12.3 Å². The molecule has 1 fully saturated rings. The number of carboxylic acid groups (broad SMARTS) is 1. The number of carbonyl (C=O) groups excluding carboxylic acids is 1. The second-order valence-electron chi connectivity index (χ2n) is 4.87. The fourth-order valence-corrected chi connectivity index (χ4v) is 2.40. The molecule has 0 aromatic heterocycles. The Labute approximate surface area is 96.6 Å². The predicted molar refractivity (Wildman–Crippen MR) is 61.0 cm³/mol. The lowest BCUT2D eigenvalue weighted by atomic mass is 10.0. The molecule has 0 spiro atoms. The average molecular weight is 227 g/mol. The van der Waals surface area contributed by atoms with Crippen molar-refractivity contribution < 1.29 is 14.7 Å². The molecule has 16 heavy (non-hydrogen) atoms. The van der Waals surface area contributed by atoms with E-state index in [0.29, 0.717) is 5.92 Å². The number of carbonyl (C=O) groups is 2. The highest BCUT2D eigenvalue weighted by molar-refractivity contribution is 5.82. The molecular formula is C12H21NO3. The maximum absolute atomic E-state index is 11.8. The zero-order valence-corrected chi connectivity index (χ0v) is 10.1. The summed E-state index contributed by atoms with van der Waals surface area (Å²) in [4.78, 5) is 24.0. The molecule has 4 heteroatoms. The Morgan fingerprint density at radius 2 is 1.94 bits per heavy atom. The van der Waals surface area contributed by atoms with E-state index >= 15 is 0 Å². The predicted octanol–water partition coefficient (Wildman–Crippen LogP) is 1.75. The van der Waals surface area contributed by atoms with E-state index in [1.54, 1.807) is 18.9 Å². The van der Waals surface area contributed by atoms with Crippen LogP contribution in [0.15, 0.2) is 0 Å². The third-order valence-corrected chi connectivity index (χ3v) is 3.29. The molecule has 4 nitrogen and oxygen atoms in total. The standard InChI is InChI=1S/C12H21NO3/c1-9(7-11(14)15)12(16)13(2)8-10-5-3-4-6-10/h9-10H,3-8H2,1-2H3,(H,14,15). The Hall–Kier alpha value is -1.06. The molecule has 92 valence electrons. The van der Waals surface area contributed by atoms with Crippen molar-refractivity contribution in [1.82, 2.24) is 4.90 Å². The summed E-state index contributed by atoms with van der Waals surface area (Å²) >= 11 is 0. The quantitative estimate of drug-likeness (QED) is 0.778. The maximum atomic E-state index is 11.8. The molecule has 1 N–H and O–H groups in total. The molecule has 0 heterocycles. The lowest BCUT2D eigenvalue weighted by Crippen LogP contribution is -2.35. The van der Waals surface area contributed by atoms with E-state index in [4.69, 9.17) is 5.11 Å². The summed E-state index contributed by atoms with van der Waals surface area (Å²) in [5.41, 5.74) is 0. The summed E-state index contributed by atoms with van der Waals surface area (Å²) in [7, 11) is 1.78. The molecule has 1 aliphatic carbocycles. The first-order valence-electron chi connectivity index (χ1n) is 5.97. The van der Waals surface area contributed by atoms with E-state index in [0.717, 1.165) is 6.54 Å². The second-order valence-corrected chi connectivity index (χ2v) is 4.87. The van der Waals surface area contributed by atoms with Gasteiger partial charge in [0.05, 0.1) is 6.42 Å². The van der Waals surface area contributed by atoms with Gasteiger partial charge in [-0.2, -0.15) is 0 Å². The first-order chi connectivity index (χ1) is 7.50. The van der Waals surface area contributed by atoms with Gasteiger partial charge in [0.15, 0.2) is 0 Å². The van der Waals surface area contributed by atoms with Crippen LogP contribution >= 0.6 is 0 Å². The van der Waals surface area contributed by atoms with Crippen LogP contribution in [0.2, 0.25) is 0 Å². The lowest BCUT2D eigenvalue weighted by molar-refractivity contribution is -0.143. The van der Waals surface area contributed by atoms with Crippen LogP contribution in [0.5, 0.6) is 0 Å². The van der Waals surface area contributed by atoms with Crippen molar-refractivity contribution in [1.29, 1.82) is 0 Å². The minimum Gasteiger partial charge on any atom is -0.481 e. The third-order valence-electron chi connectivity index (χ3n) is 3.29. The van der Waals surface area contributed by atoms with Crippen molar-refractivity contribution in [3.05, 3.63) is 0 Å². The second kappa shape index (κ2) is 5.87. The molecule has 0 saturated heterocycles. The highest BCUT2D eigenvalue weighted by atomic mass is 16.4. The van der Waals surface area contributed by atoms with Gasteiger partial charge in [-0.15, -0.1) is 0 Å². The molecule has 1 saturated carbocycles. The van der Waals surface area contributed by atoms with Crippen LogP contribution in [-0.4, -0.2) is 35.5 Å². The Bertz CT molecular complexity index is 259. The first kappa shape index (κ1) is 13.0. The molecular weight excluding hydrogens is 206 g/mol. The molecule has 1 amide bonds. The fourth-order valence-electron chi connectivity index (χ4n) is 2.40. The largest absolute Gasteiger partial charge is 0.481 e. The fraction of sp³-hybridized carbons (Fsp3) is 0.833. The Balaban J connectivity index is 2.36. The zero-order chi connectivity index (χ0) is 12.1. The smallest absolute Gasteiger partial charge is 0.304 e. The van der Waals surface area contributed by atoms with Crippen LogP contribution in [0.4, 0.5) is 0 Å². The van der Waals surface area contributed by atoms with E-state index in [9.17, 15) is 9.59 Å². The topological polar surface area (TPSA) is 57.6 Å². The molecule has 0 radical (unpaired) electrons. The van der Waals surface area contributed by atoms with E-state index in [1.807, 2.05) is 0 Å². The van der Waals surface area contributed by atoms with Gasteiger partial charge in [-0.25, -0.2) is 0 Å². The van der Waals surface area contributed by atoms with Gasteiger partial charge in [-0.05, 0) is 18.8 Å². The van der Waals surface area contributed by atoms with E-state index in [1.165, 1.54) is 25.7 Å². The zero-order valence-electron chi connectivity index (χ0n) is 10.1. The normalized spacial score (nSPS) is 18.4. The van der Waals surface area contributed by atoms with Crippen LogP contribution in [0.25, 0.3) is 0 Å². The summed E-state index contributed by atoms with van der Waals surface area (Å²) < 4.78 is 0. The van der Waals surface area contributed by atoms with Gasteiger partial charge in [0.1, 0.15) is 0 Å². The molecule has 0 aromatic carbocycles. The van der Waals surface area contributed by atoms with Crippen molar-refractivity contribution in [2.75, 3.05) is 13.6 Å². The highest BCUT2D eigenvalue weighted by Gasteiger charge is 2.23.